The number of ether oxygens (including phenoxy) is 3. The van der Waals surface area contributed by atoms with E-state index in [0.29, 0.717) is 12.5 Å². The highest BCUT2D eigenvalue weighted by Gasteiger charge is 2.15. The molecular formula is C20H33N3O3. The van der Waals surface area contributed by atoms with E-state index in [1.165, 1.54) is 5.56 Å². The summed E-state index contributed by atoms with van der Waals surface area (Å²) in [7, 11) is 1.69. The summed E-state index contributed by atoms with van der Waals surface area (Å²) in [5.74, 6) is 2.33. The topological polar surface area (TPSA) is 64.1 Å². The molecule has 1 fully saturated rings. The lowest BCUT2D eigenvalue weighted by molar-refractivity contribution is 0.0888. The van der Waals surface area contributed by atoms with Crippen molar-refractivity contribution in [3.05, 3.63) is 29.3 Å². The van der Waals surface area contributed by atoms with E-state index >= 15 is 0 Å². The number of rotatable bonds is 10. The van der Waals surface area contributed by atoms with Gasteiger partial charge in [-0.3, -0.25) is 0 Å². The Balaban J connectivity index is 1.69. The minimum atomic E-state index is 0.579. The highest BCUT2D eigenvalue weighted by atomic mass is 16.5. The summed E-state index contributed by atoms with van der Waals surface area (Å²) in [6.45, 7) is 9.74. The molecule has 1 heterocycles. The number of hydrogen-bond donors (Lipinski definition) is 2. The predicted molar refractivity (Wildman–Crippen MR) is 105 cm³/mol. The second kappa shape index (κ2) is 11.8. The van der Waals surface area contributed by atoms with Crippen LogP contribution in [0, 0.1) is 12.8 Å². The third-order valence-electron chi connectivity index (χ3n) is 4.36. The Hall–Kier alpha value is -1.79. The molecular weight excluding hydrogens is 330 g/mol. The van der Waals surface area contributed by atoms with Crippen molar-refractivity contribution in [1.29, 1.82) is 0 Å². The number of aryl methyl sites for hydroxylation is 1. The summed E-state index contributed by atoms with van der Waals surface area (Å²) in [6, 6.07) is 6.17. The standard InChI is InChI=1S/C20H33N3O3/c1-4-21-20(22-9-5-10-25-14-18-8-11-26-15-18)23-13-17-6-7-19(24-3)16(2)12-17/h6-7,12,18H,4-5,8-11,13-15H2,1-3H3,(H2,21,22,23). The van der Waals surface area contributed by atoms with Crippen molar-refractivity contribution in [3.8, 4) is 5.75 Å². The van der Waals surface area contributed by atoms with E-state index in [0.717, 1.165) is 69.6 Å². The molecule has 2 rings (SSSR count). The Kier molecular flexibility index (Phi) is 9.28. The number of guanidine groups is 1. The molecule has 1 saturated heterocycles. The van der Waals surface area contributed by atoms with Crippen LogP contribution in [0.4, 0.5) is 0 Å². The molecule has 6 nitrogen and oxygen atoms in total. The number of benzene rings is 1. The molecule has 1 aliphatic rings. The Morgan fingerprint density at radius 2 is 2.23 bits per heavy atom. The lowest BCUT2D eigenvalue weighted by Crippen LogP contribution is -2.38. The maximum absolute atomic E-state index is 5.73. The van der Waals surface area contributed by atoms with Crippen LogP contribution >= 0.6 is 0 Å². The van der Waals surface area contributed by atoms with Gasteiger partial charge in [0, 0.05) is 32.2 Å². The minimum absolute atomic E-state index is 0.579. The van der Waals surface area contributed by atoms with Gasteiger partial charge in [-0.15, -0.1) is 0 Å². The van der Waals surface area contributed by atoms with Crippen LogP contribution in [0.2, 0.25) is 0 Å². The van der Waals surface area contributed by atoms with Crippen molar-refractivity contribution in [1.82, 2.24) is 10.6 Å². The molecule has 6 heteroatoms. The molecule has 0 aromatic heterocycles. The Bertz CT molecular complexity index is 557. The molecule has 0 amide bonds. The highest BCUT2D eigenvalue weighted by Crippen LogP contribution is 2.18. The molecule has 1 atom stereocenters. The van der Waals surface area contributed by atoms with Gasteiger partial charge in [0.1, 0.15) is 5.75 Å². The van der Waals surface area contributed by atoms with Crippen LogP contribution in [-0.4, -0.2) is 52.6 Å². The molecule has 0 spiro atoms. The monoisotopic (exact) mass is 363 g/mol. The molecule has 1 aromatic carbocycles. The summed E-state index contributed by atoms with van der Waals surface area (Å²) in [5, 5.41) is 6.65. The van der Waals surface area contributed by atoms with Crippen LogP contribution in [0.5, 0.6) is 5.75 Å². The number of nitrogens with one attached hydrogen (secondary N) is 2. The largest absolute Gasteiger partial charge is 0.496 e. The molecule has 1 unspecified atom stereocenters. The van der Waals surface area contributed by atoms with Crippen molar-refractivity contribution < 1.29 is 14.2 Å². The lowest BCUT2D eigenvalue weighted by atomic mass is 10.1. The van der Waals surface area contributed by atoms with Gasteiger partial charge in [-0.05, 0) is 43.9 Å². The summed E-state index contributed by atoms with van der Waals surface area (Å²) in [5.41, 5.74) is 2.30. The van der Waals surface area contributed by atoms with Gasteiger partial charge >= 0.3 is 0 Å². The fraction of sp³-hybridized carbons (Fsp3) is 0.650. The zero-order valence-corrected chi connectivity index (χ0v) is 16.3. The number of methoxy groups -OCH3 is 1. The van der Waals surface area contributed by atoms with Crippen molar-refractivity contribution in [2.45, 2.75) is 33.2 Å². The molecule has 146 valence electrons. The van der Waals surface area contributed by atoms with Crippen LogP contribution in [0.15, 0.2) is 23.2 Å². The first-order chi connectivity index (χ1) is 12.7. The normalized spacial score (nSPS) is 17.3. The predicted octanol–water partition coefficient (Wildman–Crippen LogP) is 2.50. The molecule has 0 bridgehead atoms. The molecule has 0 saturated carbocycles. The zero-order valence-electron chi connectivity index (χ0n) is 16.3. The number of aliphatic imine (C=N–C) groups is 1. The first-order valence-electron chi connectivity index (χ1n) is 9.54. The quantitative estimate of drug-likeness (QED) is 0.380. The minimum Gasteiger partial charge on any atom is -0.496 e. The average molecular weight is 364 g/mol. The smallest absolute Gasteiger partial charge is 0.191 e. The van der Waals surface area contributed by atoms with E-state index in [1.807, 2.05) is 13.0 Å². The van der Waals surface area contributed by atoms with Crippen LogP contribution < -0.4 is 15.4 Å². The van der Waals surface area contributed by atoms with Crippen LogP contribution in [-0.2, 0) is 16.0 Å². The third-order valence-corrected chi connectivity index (χ3v) is 4.36. The Morgan fingerprint density at radius 3 is 2.92 bits per heavy atom. The van der Waals surface area contributed by atoms with Gasteiger partial charge in [0.25, 0.3) is 0 Å². The molecule has 2 N–H and O–H groups in total. The van der Waals surface area contributed by atoms with Gasteiger partial charge in [0.2, 0.25) is 0 Å². The van der Waals surface area contributed by atoms with Crippen LogP contribution in [0.1, 0.15) is 30.9 Å². The van der Waals surface area contributed by atoms with Crippen molar-refractivity contribution in [3.63, 3.8) is 0 Å². The van der Waals surface area contributed by atoms with E-state index in [2.05, 4.69) is 34.7 Å². The van der Waals surface area contributed by atoms with Gasteiger partial charge in [0.15, 0.2) is 5.96 Å². The third kappa shape index (κ3) is 7.22. The maximum atomic E-state index is 5.73. The van der Waals surface area contributed by atoms with Crippen LogP contribution in [0.25, 0.3) is 0 Å². The molecule has 1 aliphatic heterocycles. The van der Waals surface area contributed by atoms with E-state index in [4.69, 9.17) is 14.2 Å². The van der Waals surface area contributed by atoms with E-state index in [-0.39, 0.29) is 0 Å². The van der Waals surface area contributed by atoms with Crippen LogP contribution in [0.3, 0.4) is 0 Å². The van der Waals surface area contributed by atoms with E-state index in [1.54, 1.807) is 7.11 Å². The number of hydrogen-bond acceptors (Lipinski definition) is 4. The fourth-order valence-electron chi connectivity index (χ4n) is 2.90. The number of nitrogens with zero attached hydrogens (tertiary/aromatic N) is 1. The first kappa shape index (κ1) is 20.5. The van der Waals surface area contributed by atoms with Gasteiger partial charge in [-0.1, -0.05) is 12.1 Å². The first-order valence-corrected chi connectivity index (χ1v) is 9.54. The van der Waals surface area contributed by atoms with E-state index < -0.39 is 0 Å². The van der Waals surface area contributed by atoms with Gasteiger partial charge in [0.05, 0.1) is 26.9 Å². The van der Waals surface area contributed by atoms with Crippen molar-refractivity contribution in [2.24, 2.45) is 10.9 Å². The van der Waals surface area contributed by atoms with Gasteiger partial charge < -0.3 is 24.8 Å². The van der Waals surface area contributed by atoms with Gasteiger partial charge in [-0.25, -0.2) is 4.99 Å². The molecule has 26 heavy (non-hydrogen) atoms. The Labute approximate surface area is 157 Å². The van der Waals surface area contributed by atoms with Crippen molar-refractivity contribution in [2.75, 3.05) is 46.6 Å². The molecule has 1 aromatic rings. The second-order valence-electron chi connectivity index (χ2n) is 6.58. The maximum Gasteiger partial charge on any atom is 0.191 e. The summed E-state index contributed by atoms with van der Waals surface area (Å²) in [6.07, 6.45) is 2.08. The molecule has 0 aliphatic carbocycles. The fourth-order valence-corrected chi connectivity index (χ4v) is 2.90. The zero-order chi connectivity index (χ0) is 18.6. The van der Waals surface area contributed by atoms with E-state index in [9.17, 15) is 0 Å². The van der Waals surface area contributed by atoms with Gasteiger partial charge in [-0.2, -0.15) is 0 Å². The van der Waals surface area contributed by atoms with Crippen molar-refractivity contribution >= 4 is 5.96 Å². The SMILES string of the molecule is CCNC(=NCc1ccc(OC)c(C)c1)NCCCOCC1CCOC1. The average Bonchev–Trinajstić information content (AvgIpc) is 3.16. The summed E-state index contributed by atoms with van der Waals surface area (Å²) >= 11 is 0. The lowest BCUT2D eigenvalue weighted by Gasteiger charge is -2.12. The molecule has 0 radical (unpaired) electrons. The second-order valence-corrected chi connectivity index (χ2v) is 6.58. The summed E-state index contributed by atoms with van der Waals surface area (Å²) in [4.78, 5) is 4.66. The highest BCUT2D eigenvalue weighted by molar-refractivity contribution is 5.79. The Morgan fingerprint density at radius 1 is 1.35 bits per heavy atom. The summed E-state index contributed by atoms with van der Waals surface area (Å²) < 4.78 is 16.4.